The number of ether oxygens (including phenoxy) is 1. The van der Waals surface area contributed by atoms with E-state index in [4.69, 9.17) is 9.15 Å². The van der Waals surface area contributed by atoms with Gasteiger partial charge in [0.15, 0.2) is 0 Å². The summed E-state index contributed by atoms with van der Waals surface area (Å²) in [5.74, 6) is 1.53. The Morgan fingerprint density at radius 2 is 1.93 bits per heavy atom. The molecule has 1 aromatic heterocycles. The SMILES string of the molecule is CCCN(CC(=O)N(Cc1ccco1)C[C@H]1CCCO1)C(=O)CCC1CCCC1. The van der Waals surface area contributed by atoms with Gasteiger partial charge in [-0.3, -0.25) is 9.59 Å². The van der Waals surface area contributed by atoms with Crippen LogP contribution in [0.4, 0.5) is 0 Å². The van der Waals surface area contributed by atoms with E-state index in [-0.39, 0.29) is 24.5 Å². The van der Waals surface area contributed by atoms with Crippen molar-refractivity contribution in [3.63, 3.8) is 0 Å². The second-order valence-electron chi connectivity index (χ2n) is 8.49. The summed E-state index contributed by atoms with van der Waals surface area (Å²) in [6, 6.07) is 3.71. The Balaban J connectivity index is 1.57. The van der Waals surface area contributed by atoms with Gasteiger partial charge in [-0.1, -0.05) is 32.6 Å². The molecule has 0 N–H and O–H groups in total. The maximum absolute atomic E-state index is 13.1. The molecule has 0 radical (unpaired) electrons. The molecule has 0 spiro atoms. The normalized spacial score (nSPS) is 19.6. The van der Waals surface area contributed by atoms with Gasteiger partial charge in [-0.25, -0.2) is 0 Å². The summed E-state index contributed by atoms with van der Waals surface area (Å²) in [6.45, 7) is 4.55. The average Bonchev–Trinajstić information content (AvgIpc) is 3.48. The fourth-order valence-electron chi connectivity index (χ4n) is 4.49. The van der Waals surface area contributed by atoms with Crippen LogP contribution in [0.25, 0.3) is 0 Å². The van der Waals surface area contributed by atoms with Crippen LogP contribution in [-0.2, 0) is 20.9 Å². The van der Waals surface area contributed by atoms with Gasteiger partial charge in [0.05, 0.1) is 25.5 Å². The van der Waals surface area contributed by atoms with Crippen molar-refractivity contribution >= 4 is 11.8 Å². The summed E-state index contributed by atoms with van der Waals surface area (Å²) in [5.41, 5.74) is 0. The number of nitrogens with zero attached hydrogens (tertiary/aromatic N) is 2. The molecule has 0 bridgehead atoms. The van der Waals surface area contributed by atoms with Gasteiger partial charge < -0.3 is 19.0 Å². The fraction of sp³-hybridized carbons (Fsp3) is 0.739. The molecule has 2 heterocycles. The number of hydrogen-bond acceptors (Lipinski definition) is 4. The van der Waals surface area contributed by atoms with Gasteiger partial charge in [0.2, 0.25) is 11.8 Å². The minimum Gasteiger partial charge on any atom is -0.467 e. The maximum atomic E-state index is 13.1. The predicted molar refractivity (Wildman–Crippen MR) is 111 cm³/mol. The number of furan rings is 1. The Kier molecular flexibility index (Phi) is 8.59. The third kappa shape index (κ3) is 6.88. The first-order valence-corrected chi connectivity index (χ1v) is 11.3. The van der Waals surface area contributed by atoms with Crippen LogP contribution in [0.5, 0.6) is 0 Å². The van der Waals surface area contributed by atoms with Gasteiger partial charge in [-0.15, -0.1) is 0 Å². The lowest BCUT2D eigenvalue weighted by Gasteiger charge is -2.29. The Labute approximate surface area is 174 Å². The minimum atomic E-state index is -0.0282. The van der Waals surface area contributed by atoms with Crippen molar-refractivity contribution in [2.45, 2.75) is 77.4 Å². The zero-order valence-corrected chi connectivity index (χ0v) is 17.8. The van der Waals surface area contributed by atoms with Crippen molar-refractivity contribution in [3.05, 3.63) is 24.2 Å². The zero-order chi connectivity index (χ0) is 20.5. The monoisotopic (exact) mass is 404 g/mol. The summed E-state index contributed by atoms with van der Waals surface area (Å²) >= 11 is 0. The molecule has 2 amide bonds. The van der Waals surface area contributed by atoms with E-state index in [9.17, 15) is 9.59 Å². The molecular weight excluding hydrogens is 368 g/mol. The van der Waals surface area contributed by atoms with Crippen molar-refractivity contribution in [3.8, 4) is 0 Å². The van der Waals surface area contributed by atoms with E-state index in [1.165, 1.54) is 25.7 Å². The minimum absolute atomic E-state index is 0.0282. The van der Waals surface area contributed by atoms with Gasteiger partial charge in [0.25, 0.3) is 0 Å². The van der Waals surface area contributed by atoms with E-state index < -0.39 is 0 Å². The molecule has 162 valence electrons. The van der Waals surface area contributed by atoms with Crippen molar-refractivity contribution in [2.24, 2.45) is 5.92 Å². The summed E-state index contributed by atoms with van der Waals surface area (Å²) < 4.78 is 11.2. The summed E-state index contributed by atoms with van der Waals surface area (Å²) in [5, 5.41) is 0. The van der Waals surface area contributed by atoms with E-state index in [1.54, 1.807) is 16.1 Å². The molecule has 0 aromatic carbocycles. The van der Waals surface area contributed by atoms with Crippen molar-refractivity contribution in [1.82, 2.24) is 9.80 Å². The van der Waals surface area contributed by atoms with Gasteiger partial charge >= 0.3 is 0 Å². The first kappa shape index (κ1) is 21.9. The number of carbonyl (C=O) groups excluding carboxylic acids is 2. The summed E-state index contributed by atoms with van der Waals surface area (Å²) in [6.07, 6.45) is 11.2. The van der Waals surface area contributed by atoms with E-state index in [1.807, 2.05) is 12.1 Å². The second kappa shape index (κ2) is 11.4. The van der Waals surface area contributed by atoms with Crippen LogP contribution in [0.3, 0.4) is 0 Å². The molecule has 1 aliphatic carbocycles. The predicted octanol–water partition coefficient (Wildman–Crippen LogP) is 4.00. The highest BCUT2D eigenvalue weighted by atomic mass is 16.5. The molecule has 29 heavy (non-hydrogen) atoms. The quantitative estimate of drug-likeness (QED) is 0.559. The lowest BCUT2D eigenvalue weighted by molar-refractivity contribution is -0.142. The molecule has 0 unspecified atom stereocenters. The van der Waals surface area contributed by atoms with Crippen molar-refractivity contribution < 1.29 is 18.7 Å². The standard InChI is InChI=1S/C23H36N2O4/c1-2-13-24(22(26)12-11-19-7-3-4-8-19)18-23(27)25(16-20-9-5-14-28-20)17-21-10-6-15-29-21/h5,9,14,19,21H,2-4,6-8,10-13,15-18H2,1H3/t21-/m1/s1. The molecular formula is C23H36N2O4. The molecule has 2 aliphatic rings. The first-order chi connectivity index (χ1) is 14.2. The Hall–Kier alpha value is -1.82. The molecule has 1 saturated carbocycles. The molecule has 6 heteroatoms. The topological polar surface area (TPSA) is 63.0 Å². The molecule has 3 rings (SSSR count). The Morgan fingerprint density at radius 3 is 2.59 bits per heavy atom. The van der Waals surface area contributed by atoms with Crippen LogP contribution >= 0.6 is 0 Å². The van der Waals surface area contributed by atoms with E-state index in [0.717, 1.165) is 38.1 Å². The van der Waals surface area contributed by atoms with Crippen molar-refractivity contribution in [2.75, 3.05) is 26.2 Å². The van der Waals surface area contributed by atoms with Gasteiger partial charge in [0.1, 0.15) is 5.76 Å². The smallest absolute Gasteiger partial charge is 0.242 e. The second-order valence-corrected chi connectivity index (χ2v) is 8.49. The van der Waals surface area contributed by atoms with Crippen LogP contribution < -0.4 is 0 Å². The molecule has 6 nitrogen and oxygen atoms in total. The first-order valence-electron chi connectivity index (χ1n) is 11.3. The Bertz CT molecular complexity index is 619. The molecule has 1 saturated heterocycles. The third-order valence-corrected chi connectivity index (χ3v) is 6.14. The van der Waals surface area contributed by atoms with Crippen LogP contribution in [-0.4, -0.2) is 54.0 Å². The molecule has 1 atom stereocenters. The number of amides is 2. The lowest BCUT2D eigenvalue weighted by Crippen LogP contribution is -2.45. The van der Waals surface area contributed by atoms with Gasteiger partial charge in [-0.05, 0) is 43.7 Å². The summed E-state index contributed by atoms with van der Waals surface area (Å²) in [7, 11) is 0. The van der Waals surface area contributed by atoms with Gasteiger partial charge in [0, 0.05) is 26.1 Å². The lowest BCUT2D eigenvalue weighted by atomic mass is 10.0. The van der Waals surface area contributed by atoms with E-state index in [0.29, 0.717) is 32.0 Å². The van der Waals surface area contributed by atoms with E-state index >= 15 is 0 Å². The maximum Gasteiger partial charge on any atom is 0.242 e. The Morgan fingerprint density at radius 1 is 1.10 bits per heavy atom. The molecule has 1 aliphatic heterocycles. The van der Waals surface area contributed by atoms with Crippen LogP contribution in [0.2, 0.25) is 0 Å². The highest BCUT2D eigenvalue weighted by Gasteiger charge is 2.26. The van der Waals surface area contributed by atoms with Crippen LogP contribution in [0.15, 0.2) is 22.8 Å². The largest absolute Gasteiger partial charge is 0.467 e. The highest BCUT2D eigenvalue weighted by molar-refractivity contribution is 5.84. The number of carbonyl (C=O) groups is 2. The third-order valence-electron chi connectivity index (χ3n) is 6.14. The van der Waals surface area contributed by atoms with Crippen molar-refractivity contribution in [1.29, 1.82) is 0 Å². The van der Waals surface area contributed by atoms with E-state index in [2.05, 4.69) is 6.92 Å². The summed E-state index contributed by atoms with van der Waals surface area (Å²) in [4.78, 5) is 29.5. The van der Waals surface area contributed by atoms with Crippen LogP contribution in [0.1, 0.15) is 70.5 Å². The highest BCUT2D eigenvalue weighted by Crippen LogP contribution is 2.28. The average molecular weight is 405 g/mol. The number of rotatable bonds is 11. The fourth-order valence-corrected chi connectivity index (χ4v) is 4.49. The number of hydrogen-bond donors (Lipinski definition) is 0. The van der Waals surface area contributed by atoms with Gasteiger partial charge in [-0.2, -0.15) is 0 Å². The van der Waals surface area contributed by atoms with Crippen LogP contribution in [0, 0.1) is 5.92 Å². The molecule has 2 fully saturated rings. The molecule has 1 aromatic rings. The zero-order valence-electron chi connectivity index (χ0n) is 17.8.